The molecule has 0 radical (unpaired) electrons. The second-order valence-corrected chi connectivity index (χ2v) is 6.75. The van der Waals surface area contributed by atoms with Crippen molar-refractivity contribution in [3.63, 3.8) is 0 Å². The fraction of sp³-hybridized carbons (Fsp3) is 0.429. The number of aryl methyl sites for hydroxylation is 1. The summed E-state index contributed by atoms with van der Waals surface area (Å²) in [6.07, 6.45) is -0.606. The number of anilines is 1. The molecule has 1 atom stereocenters. The summed E-state index contributed by atoms with van der Waals surface area (Å²) in [6, 6.07) is 14.2. The predicted octanol–water partition coefficient (Wildman–Crippen LogP) is 2.87. The van der Waals surface area contributed by atoms with E-state index >= 15 is 0 Å². The van der Waals surface area contributed by atoms with E-state index in [9.17, 15) is 5.11 Å². The number of aliphatic hydroxyl groups excluding tert-OH is 1. The molecule has 0 aromatic heterocycles. The van der Waals surface area contributed by atoms with Crippen LogP contribution in [-0.2, 0) is 0 Å². The first kappa shape index (κ1) is 18.5. The molecule has 0 amide bonds. The first-order valence-corrected chi connectivity index (χ1v) is 9.04. The molecule has 1 N–H and O–H groups in total. The van der Waals surface area contributed by atoms with E-state index in [1.165, 1.54) is 11.3 Å². The summed E-state index contributed by atoms with van der Waals surface area (Å²) < 4.78 is 10.7. The van der Waals surface area contributed by atoms with Crippen LogP contribution in [-0.4, -0.2) is 56.9 Å². The van der Waals surface area contributed by atoms with E-state index in [1.54, 1.807) is 14.2 Å². The van der Waals surface area contributed by atoms with Crippen LogP contribution in [0.1, 0.15) is 17.2 Å². The van der Waals surface area contributed by atoms with Crippen LogP contribution < -0.4 is 14.4 Å². The first-order valence-electron chi connectivity index (χ1n) is 9.04. The zero-order chi connectivity index (χ0) is 18.5. The number of β-amino-alcohol motifs (C(OH)–C–C–N with tert-alkyl or cyclic N) is 1. The number of piperazine rings is 1. The smallest absolute Gasteiger partial charge is 0.124 e. The highest BCUT2D eigenvalue weighted by molar-refractivity contribution is 5.48. The lowest BCUT2D eigenvalue weighted by Crippen LogP contribution is -2.47. The van der Waals surface area contributed by atoms with Crippen molar-refractivity contribution in [3.05, 3.63) is 53.6 Å². The Kier molecular flexibility index (Phi) is 6.01. The van der Waals surface area contributed by atoms with E-state index in [1.807, 2.05) is 18.2 Å². The van der Waals surface area contributed by atoms with E-state index in [4.69, 9.17) is 9.47 Å². The van der Waals surface area contributed by atoms with Crippen molar-refractivity contribution in [2.24, 2.45) is 0 Å². The Morgan fingerprint density at radius 3 is 2.27 bits per heavy atom. The normalized spacial score (nSPS) is 16.4. The van der Waals surface area contributed by atoms with Crippen molar-refractivity contribution < 1.29 is 14.6 Å². The van der Waals surface area contributed by atoms with Gasteiger partial charge in [0.15, 0.2) is 0 Å². The summed E-state index contributed by atoms with van der Waals surface area (Å²) in [4.78, 5) is 4.70. The van der Waals surface area contributed by atoms with Crippen LogP contribution in [0.4, 0.5) is 5.69 Å². The molecule has 140 valence electrons. The van der Waals surface area contributed by atoms with Crippen LogP contribution in [0.2, 0.25) is 0 Å². The third-order valence-electron chi connectivity index (χ3n) is 5.00. The van der Waals surface area contributed by atoms with Gasteiger partial charge in [-0.25, -0.2) is 0 Å². The summed E-state index contributed by atoms with van der Waals surface area (Å²) in [7, 11) is 3.25. The average molecular weight is 356 g/mol. The average Bonchev–Trinajstić information content (AvgIpc) is 2.68. The van der Waals surface area contributed by atoms with E-state index in [2.05, 4.69) is 41.0 Å². The quantitative estimate of drug-likeness (QED) is 0.862. The molecule has 0 saturated carbocycles. The molecule has 1 fully saturated rings. The number of hydrogen-bond acceptors (Lipinski definition) is 5. The maximum atomic E-state index is 10.7. The molecule has 5 heteroatoms. The Morgan fingerprint density at radius 1 is 0.962 bits per heavy atom. The van der Waals surface area contributed by atoms with Crippen molar-refractivity contribution >= 4 is 5.69 Å². The van der Waals surface area contributed by atoms with Crippen LogP contribution in [0.15, 0.2) is 42.5 Å². The maximum Gasteiger partial charge on any atom is 0.124 e. The number of methoxy groups -OCH3 is 2. The lowest BCUT2D eigenvalue weighted by atomic mass is 10.1. The van der Waals surface area contributed by atoms with E-state index in [-0.39, 0.29) is 0 Å². The molecule has 3 rings (SSSR count). The van der Waals surface area contributed by atoms with Gasteiger partial charge in [-0.1, -0.05) is 17.7 Å². The Bertz CT molecular complexity index is 710. The Balaban J connectivity index is 1.60. The molecule has 2 aromatic rings. The maximum absolute atomic E-state index is 10.7. The van der Waals surface area contributed by atoms with E-state index in [0.29, 0.717) is 12.3 Å². The topological polar surface area (TPSA) is 45.2 Å². The highest BCUT2D eigenvalue weighted by Crippen LogP contribution is 2.30. The predicted molar refractivity (Wildman–Crippen MR) is 104 cm³/mol. The number of hydrogen-bond donors (Lipinski definition) is 1. The van der Waals surface area contributed by atoms with Crippen molar-refractivity contribution in [3.8, 4) is 11.5 Å². The van der Waals surface area contributed by atoms with Crippen molar-refractivity contribution in [1.29, 1.82) is 0 Å². The third-order valence-corrected chi connectivity index (χ3v) is 5.00. The van der Waals surface area contributed by atoms with Crippen LogP contribution in [0.25, 0.3) is 0 Å². The Labute approximate surface area is 155 Å². The van der Waals surface area contributed by atoms with Gasteiger partial charge in [0.25, 0.3) is 0 Å². The second-order valence-electron chi connectivity index (χ2n) is 6.75. The molecule has 0 aliphatic carbocycles. The highest BCUT2D eigenvalue weighted by atomic mass is 16.5. The Hall–Kier alpha value is -2.24. The van der Waals surface area contributed by atoms with Gasteiger partial charge in [0.1, 0.15) is 11.5 Å². The van der Waals surface area contributed by atoms with E-state index in [0.717, 1.165) is 37.5 Å². The molecule has 0 spiro atoms. The van der Waals surface area contributed by atoms with E-state index < -0.39 is 6.10 Å². The minimum Gasteiger partial charge on any atom is -0.497 e. The van der Waals surface area contributed by atoms with Gasteiger partial charge in [-0.3, -0.25) is 4.90 Å². The molecule has 1 aliphatic heterocycles. The standard InChI is InChI=1S/C21H28N2O3/c1-16-4-6-17(7-5-16)23-12-10-22(11-13-23)15-20(24)19-14-18(25-2)8-9-21(19)26-3/h4-9,14,20,24H,10-13,15H2,1-3H3/t20-/m0/s1. The monoisotopic (exact) mass is 356 g/mol. The number of nitrogens with zero attached hydrogens (tertiary/aromatic N) is 2. The second kappa shape index (κ2) is 8.43. The summed E-state index contributed by atoms with van der Waals surface area (Å²) in [5, 5.41) is 10.7. The minimum absolute atomic E-state index is 0.589. The van der Waals surface area contributed by atoms with Gasteiger partial charge in [0.05, 0.1) is 20.3 Å². The van der Waals surface area contributed by atoms with Gasteiger partial charge in [-0.15, -0.1) is 0 Å². The van der Waals surface area contributed by atoms with Gasteiger partial charge in [0.2, 0.25) is 0 Å². The van der Waals surface area contributed by atoms with Gasteiger partial charge in [-0.2, -0.15) is 0 Å². The van der Waals surface area contributed by atoms with Crippen LogP contribution in [0.3, 0.4) is 0 Å². The van der Waals surface area contributed by atoms with Crippen LogP contribution in [0.5, 0.6) is 11.5 Å². The zero-order valence-electron chi connectivity index (χ0n) is 15.8. The first-order chi connectivity index (χ1) is 12.6. The summed E-state index contributed by atoms with van der Waals surface area (Å²) in [5.41, 5.74) is 3.32. The Morgan fingerprint density at radius 2 is 1.65 bits per heavy atom. The van der Waals surface area contributed by atoms with Crippen molar-refractivity contribution in [2.75, 3.05) is 51.8 Å². The number of rotatable bonds is 6. The van der Waals surface area contributed by atoms with Crippen molar-refractivity contribution in [2.45, 2.75) is 13.0 Å². The van der Waals surface area contributed by atoms with Gasteiger partial charge < -0.3 is 19.5 Å². The van der Waals surface area contributed by atoms with Crippen LogP contribution in [0, 0.1) is 6.92 Å². The highest BCUT2D eigenvalue weighted by Gasteiger charge is 2.22. The molecule has 26 heavy (non-hydrogen) atoms. The fourth-order valence-corrected chi connectivity index (χ4v) is 3.39. The molecule has 1 heterocycles. The zero-order valence-corrected chi connectivity index (χ0v) is 15.8. The third kappa shape index (κ3) is 4.29. The molecular formula is C21H28N2O3. The molecule has 1 saturated heterocycles. The fourth-order valence-electron chi connectivity index (χ4n) is 3.39. The lowest BCUT2D eigenvalue weighted by molar-refractivity contribution is 0.107. The number of benzene rings is 2. The molecule has 2 aromatic carbocycles. The number of ether oxygens (including phenoxy) is 2. The largest absolute Gasteiger partial charge is 0.497 e. The summed E-state index contributed by atoms with van der Waals surface area (Å²) in [5.74, 6) is 1.42. The molecular weight excluding hydrogens is 328 g/mol. The molecule has 0 unspecified atom stereocenters. The number of aliphatic hydroxyl groups is 1. The molecule has 0 bridgehead atoms. The summed E-state index contributed by atoms with van der Waals surface area (Å²) >= 11 is 0. The van der Waals surface area contributed by atoms with Crippen LogP contribution >= 0.6 is 0 Å². The molecule has 1 aliphatic rings. The minimum atomic E-state index is -0.606. The van der Waals surface area contributed by atoms with Gasteiger partial charge >= 0.3 is 0 Å². The van der Waals surface area contributed by atoms with Gasteiger partial charge in [-0.05, 0) is 37.3 Å². The SMILES string of the molecule is COc1ccc(OC)c([C@@H](O)CN2CCN(c3ccc(C)cc3)CC2)c1. The molecule has 5 nitrogen and oxygen atoms in total. The van der Waals surface area contributed by atoms with Crippen molar-refractivity contribution in [1.82, 2.24) is 4.90 Å². The summed E-state index contributed by atoms with van der Waals surface area (Å²) in [6.45, 7) is 6.48. The lowest BCUT2D eigenvalue weighted by Gasteiger charge is -2.37. The van der Waals surface area contributed by atoms with Gasteiger partial charge in [0, 0.05) is 44.0 Å².